The number of thioether (sulfide) groups is 1. The van der Waals surface area contributed by atoms with Crippen LogP contribution in [0.5, 0.6) is 0 Å². The van der Waals surface area contributed by atoms with Gasteiger partial charge in [0.25, 0.3) is 0 Å². The molecule has 16 heavy (non-hydrogen) atoms. The van der Waals surface area contributed by atoms with Crippen LogP contribution in [0.25, 0.3) is 0 Å². The van der Waals surface area contributed by atoms with Crippen LogP contribution in [0.1, 0.15) is 26.2 Å². The summed E-state index contributed by atoms with van der Waals surface area (Å²) in [6.45, 7) is 3.71. The molecule has 0 aromatic carbocycles. The lowest BCUT2D eigenvalue weighted by Gasteiger charge is -2.05. The van der Waals surface area contributed by atoms with Crippen LogP contribution in [0.3, 0.4) is 0 Å². The molecule has 0 bridgehead atoms. The summed E-state index contributed by atoms with van der Waals surface area (Å²) in [5.74, 6) is 3.53. The fourth-order valence-electron chi connectivity index (χ4n) is 1.52. The second-order valence-corrected chi connectivity index (χ2v) is 7.98. The molecule has 1 rings (SSSR count). The van der Waals surface area contributed by atoms with Crippen molar-refractivity contribution < 1.29 is 8.42 Å². The SMILES string of the molecule is CCSCCCNCCS(=O)(=O)CC1CC1. The van der Waals surface area contributed by atoms with E-state index in [1.54, 1.807) is 0 Å². The van der Waals surface area contributed by atoms with E-state index < -0.39 is 9.84 Å². The summed E-state index contributed by atoms with van der Waals surface area (Å²) in [7, 11) is -2.78. The zero-order valence-electron chi connectivity index (χ0n) is 10.1. The molecule has 0 radical (unpaired) electrons. The normalized spacial score (nSPS) is 16.6. The predicted octanol–water partition coefficient (Wildman–Crippen LogP) is 1.54. The molecular formula is C11H23NO2S2. The van der Waals surface area contributed by atoms with Crippen molar-refractivity contribution in [1.29, 1.82) is 0 Å². The smallest absolute Gasteiger partial charge is 0.151 e. The summed E-state index contributed by atoms with van der Waals surface area (Å²) < 4.78 is 23.1. The molecule has 0 heterocycles. The molecular weight excluding hydrogens is 242 g/mol. The summed E-state index contributed by atoms with van der Waals surface area (Å²) in [5, 5.41) is 3.20. The van der Waals surface area contributed by atoms with E-state index in [0.29, 0.717) is 24.0 Å². The number of rotatable bonds is 10. The Bertz CT molecular complexity index is 274. The number of nitrogens with one attached hydrogen (secondary N) is 1. The maximum absolute atomic E-state index is 11.6. The molecule has 1 aliphatic carbocycles. The fraction of sp³-hybridized carbons (Fsp3) is 1.00. The summed E-state index contributed by atoms with van der Waals surface area (Å²) in [6.07, 6.45) is 3.35. The molecule has 0 atom stereocenters. The average Bonchev–Trinajstić information content (AvgIpc) is 2.99. The lowest BCUT2D eigenvalue weighted by Crippen LogP contribution is -2.26. The molecule has 0 spiro atoms. The third-order valence-corrected chi connectivity index (χ3v) is 5.41. The first kappa shape index (κ1) is 14.3. The van der Waals surface area contributed by atoms with Crippen molar-refractivity contribution in [3.63, 3.8) is 0 Å². The molecule has 0 unspecified atom stereocenters. The van der Waals surface area contributed by atoms with Crippen molar-refractivity contribution in [2.75, 3.05) is 36.1 Å². The largest absolute Gasteiger partial charge is 0.316 e. The summed E-state index contributed by atoms with van der Waals surface area (Å²) in [4.78, 5) is 0. The van der Waals surface area contributed by atoms with E-state index in [-0.39, 0.29) is 0 Å². The topological polar surface area (TPSA) is 46.2 Å². The molecule has 1 fully saturated rings. The molecule has 1 aliphatic rings. The molecule has 0 saturated heterocycles. The minimum atomic E-state index is -2.78. The van der Waals surface area contributed by atoms with Gasteiger partial charge in [-0.3, -0.25) is 0 Å². The first-order chi connectivity index (χ1) is 7.64. The second kappa shape index (κ2) is 7.56. The predicted molar refractivity (Wildman–Crippen MR) is 71.9 cm³/mol. The lowest BCUT2D eigenvalue weighted by molar-refractivity contribution is 0.587. The van der Waals surface area contributed by atoms with E-state index in [1.807, 2.05) is 11.8 Å². The van der Waals surface area contributed by atoms with Gasteiger partial charge in [0, 0.05) is 6.54 Å². The molecule has 96 valence electrons. The van der Waals surface area contributed by atoms with Crippen LogP contribution in [0, 0.1) is 5.92 Å². The maximum atomic E-state index is 11.6. The van der Waals surface area contributed by atoms with Gasteiger partial charge in [-0.2, -0.15) is 11.8 Å². The van der Waals surface area contributed by atoms with Crippen LogP contribution in [-0.4, -0.2) is 44.5 Å². The Balaban J connectivity index is 1.93. The van der Waals surface area contributed by atoms with Crippen molar-refractivity contribution >= 4 is 21.6 Å². The zero-order chi connectivity index (χ0) is 11.9. The van der Waals surface area contributed by atoms with Crippen LogP contribution in [0.4, 0.5) is 0 Å². The quantitative estimate of drug-likeness (QED) is 0.609. The van der Waals surface area contributed by atoms with Gasteiger partial charge in [-0.1, -0.05) is 6.92 Å². The molecule has 0 aromatic rings. The highest BCUT2D eigenvalue weighted by Crippen LogP contribution is 2.30. The Morgan fingerprint density at radius 2 is 2.06 bits per heavy atom. The average molecular weight is 265 g/mol. The van der Waals surface area contributed by atoms with E-state index in [1.165, 1.54) is 5.75 Å². The minimum absolute atomic E-state index is 0.310. The lowest BCUT2D eigenvalue weighted by atomic mass is 10.5. The maximum Gasteiger partial charge on any atom is 0.151 e. The van der Waals surface area contributed by atoms with Crippen molar-refractivity contribution in [3.05, 3.63) is 0 Å². The van der Waals surface area contributed by atoms with Crippen molar-refractivity contribution in [3.8, 4) is 0 Å². The van der Waals surface area contributed by atoms with E-state index in [9.17, 15) is 8.42 Å². The molecule has 5 heteroatoms. The monoisotopic (exact) mass is 265 g/mol. The van der Waals surface area contributed by atoms with Gasteiger partial charge in [0.2, 0.25) is 0 Å². The minimum Gasteiger partial charge on any atom is -0.316 e. The third-order valence-electron chi connectivity index (χ3n) is 2.62. The molecule has 3 nitrogen and oxygen atoms in total. The van der Waals surface area contributed by atoms with Crippen LogP contribution in [-0.2, 0) is 9.84 Å². The van der Waals surface area contributed by atoms with Gasteiger partial charge in [-0.25, -0.2) is 8.42 Å². The second-order valence-electron chi connectivity index (χ2n) is 4.36. The van der Waals surface area contributed by atoms with E-state index in [2.05, 4.69) is 12.2 Å². The van der Waals surface area contributed by atoms with E-state index in [0.717, 1.165) is 31.6 Å². The van der Waals surface area contributed by atoms with Crippen LogP contribution < -0.4 is 5.32 Å². The van der Waals surface area contributed by atoms with Crippen LogP contribution >= 0.6 is 11.8 Å². The summed E-state index contributed by atoms with van der Waals surface area (Å²) in [5.41, 5.74) is 0. The van der Waals surface area contributed by atoms with E-state index in [4.69, 9.17) is 0 Å². The van der Waals surface area contributed by atoms with Gasteiger partial charge in [0.15, 0.2) is 9.84 Å². The molecule has 0 aromatic heterocycles. The first-order valence-corrected chi connectivity index (χ1v) is 9.10. The first-order valence-electron chi connectivity index (χ1n) is 6.13. The van der Waals surface area contributed by atoms with Gasteiger partial charge < -0.3 is 5.32 Å². The number of hydrogen-bond acceptors (Lipinski definition) is 4. The van der Waals surface area contributed by atoms with Gasteiger partial charge >= 0.3 is 0 Å². The highest BCUT2D eigenvalue weighted by atomic mass is 32.2. The standard InChI is InChI=1S/C11H23NO2S2/c1-2-15-8-3-6-12-7-9-16(13,14)10-11-4-5-11/h11-12H,2-10H2,1H3. The van der Waals surface area contributed by atoms with E-state index >= 15 is 0 Å². The Morgan fingerprint density at radius 3 is 2.69 bits per heavy atom. The van der Waals surface area contributed by atoms with Gasteiger partial charge in [-0.15, -0.1) is 0 Å². The van der Waals surface area contributed by atoms with Crippen molar-refractivity contribution in [2.24, 2.45) is 5.92 Å². The summed E-state index contributed by atoms with van der Waals surface area (Å²) >= 11 is 1.93. The Kier molecular flexibility index (Phi) is 6.77. The zero-order valence-corrected chi connectivity index (χ0v) is 11.7. The molecule has 1 N–H and O–H groups in total. The van der Waals surface area contributed by atoms with Crippen molar-refractivity contribution in [2.45, 2.75) is 26.2 Å². The number of hydrogen-bond donors (Lipinski definition) is 1. The third kappa shape index (κ3) is 7.52. The fourth-order valence-corrected chi connectivity index (χ4v) is 3.83. The highest BCUT2D eigenvalue weighted by molar-refractivity contribution is 7.99. The van der Waals surface area contributed by atoms with Gasteiger partial charge in [0.05, 0.1) is 11.5 Å². The molecule has 0 amide bonds. The van der Waals surface area contributed by atoms with Crippen LogP contribution in [0.15, 0.2) is 0 Å². The van der Waals surface area contributed by atoms with Gasteiger partial charge in [0.1, 0.15) is 0 Å². The Labute approximate surface area is 104 Å². The van der Waals surface area contributed by atoms with Crippen LogP contribution in [0.2, 0.25) is 0 Å². The highest BCUT2D eigenvalue weighted by Gasteiger charge is 2.27. The van der Waals surface area contributed by atoms with Crippen molar-refractivity contribution in [1.82, 2.24) is 5.32 Å². The summed E-state index contributed by atoms with van der Waals surface area (Å²) in [6, 6.07) is 0. The molecule has 1 saturated carbocycles. The molecule has 0 aliphatic heterocycles. The Hall–Kier alpha value is 0.260. The number of sulfone groups is 1. The Morgan fingerprint density at radius 1 is 1.31 bits per heavy atom. The van der Waals surface area contributed by atoms with Gasteiger partial charge in [-0.05, 0) is 43.2 Å².